The minimum atomic E-state index is -3.31. The number of aromatic nitrogens is 5. The quantitative estimate of drug-likeness (QED) is 0.556. The van der Waals surface area contributed by atoms with Crippen LogP contribution in [0.4, 0.5) is 0 Å². The Morgan fingerprint density at radius 2 is 1.93 bits per heavy atom. The Morgan fingerprint density at radius 3 is 2.72 bits per heavy atom. The first-order chi connectivity index (χ1) is 13.9. The molecule has 8 heteroatoms. The molecular formula is C21H23N5O2S. The molecule has 3 heterocycles. The molecule has 150 valence electrons. The lowest BCUT2D eigenvalue weighted by atomic mass is 10.1. The van der Waals surface area contributed by atoms with Gasteiger partial charge in [-0.1, -0.05) is 6.07 Å². The highest BCUT2D eigenvalue weighted by atomic mass is 32.2. The summed E-state index contributed by atoms with van der Waals surface area (Å²) >= 11 is 0. The predicted octanol–water partition coefficient (Wildman–Crippen LogP) is 3.58. The van der Waals surface area contributed by atoms with Gasteiger partial charge in [-0.2, -0.15) is 0 Å². The van der Waals surface area contributed by atoms with Crippen molar-refractivity contribution in [2.75, 3.05) is 5.75 Å². The van der Waals surface area contributed by atoms with E-state index >= 15 is 0 Å². The van der Waals surface area contributed by atoms with Crippen LogP contribution in [0.5, 0.6) is 0 Å². The minimum Gasteiger partial charge on any atom is -0.345 e. The van der Waals surface area contributed by atoms with Crippen molar-refractivity contribution in [3.8, 4) is 0 Å². The molecule has 1 aliphatic carbocycles. The molecule has 0 bridgehead atoms. The fraction of sp³-hybridized carbons (Fsp3) is 0.381. The third-order valence-electron chi connectivity index (χ3n) is 5.88. The molecule has 4 aromatic rings. The average Bonchev–Trinajstić information content (AvgIpc) is 3.38. The molecule has 0 unspecified atom stereocenters. The molecule has 7 nitrogen and oxygen atoms in total. The summed E-state index contributed by atoms with van der Waals surface area (Å²) in [6.45, 7) is 3.87. The maximum atomic E-state index is 13.0. The van der Waals surface area contributed by atoms with Crippen molar-refractivity contribution in [3.63, 3.8) is 0 Å². The van der Waals surface area contributed by atoms with Gasteiger partial charge in [0.15, 0.2) is 21.1 Å². The molecule has 1 aromatic carbocycles. The van der Waals surface area contributed by atoms with Gasteiger partial charge in [0.2, 0.25) is 0 Å². The Bertz CT molecular complexity index is 1300. The average molecular weight is 410 g/mol. The Balaban J connectivity index is 1.41. The van der Waals surface area contributed by atoms with Gasteiger partial charge in [0, 0.05) is 12.1 Å². The van der Waals surface area contributed by atoms with Crippen LogP contribution in [0.3, 0.4) is 0 Å². The molecule has 29 heavy (non-hydrogen) atoms. The molecule has 0 amide bonds. The lowest BCUT2D eigenvalue weighted by Crippen LogP contribution is -2.15. The lowest BCUT2D eigenvalue weighted by molar-refractivity contribution is 0.549. The van der Waals surface area contributed by atoms with Crippen molar-refractivity contribution in [1.29, 1.82) is 0 Å². The van der Waals surface area contributed by atoms with Crippen molar-refractivity contribution >= 4 is 26.6 Å². The number of nitrogens with zero attached hydrogens (tertiary/aromatic N) is 4. The maximum absolute atomic E-state index is 13.0. The van der Waals surface area contributed by atoms with Crippen molar-refractivity contribution in [3.05, 3.63) is 53.6 Å². The number of aryl methyl sites for hydroxylation is 2. The second-order valence-corrected chi connectivity index (χ2v) is 10.2. The van der Waals surface area contributed by atoms with Crippen LogP contribution in [0.15, 0.2) is 41.6 Å². The van der Waals surface area contributed by atoms with Gasteiger partial charge >= 0.3 is 0 Å². The third kappa shape index (κ3) is 3.21. The lowest BCUT2D eigenvalue weighted by Gasteiger charge is -2.13. The summed E-state index contributed by atoms with van der Waals surface area (Å²) < 4.78 is 28.0. The van der Waals surface area contributed by atoms with Gasteiger partial charge in [0.25, 0.3) is 0 Å². The minimum absolute atomic E-state index is 0.127. The summed E-state index contributed by atoms with van der Waals surface area (Å²) in [6.07, 6.45) is 6.17. The zero-order valence-electron chi connectivity index (χ0n) is 16.5. The Kier molecular flexibility index (Phi) is 4.20. The van der Waals surface area contributed by atoms with Gasteiger partial charge in [-0.15, -0.1) is 10.2 Å². The highest BCUT2D eigenvalue weighted by molar-refractivity contribution is 7.91. The molecule has 0 spiro atoms. The van der Waals surface area contributed by atoms with Crippen LogP contribution in [0, 0.1) is 19.8 Å². The molecule has 3 aromatic heterocycles. The number of sulfone groups is 1. The zero-order chi connectivity index (χ0) is 20.2. The first-order valence-electron chi connectivity index (χ1n) is 9.89. The Morgan fingerprint density at radius 1 is 1.14 bits per heavy atom. The summed E-state index contributed by atoms with van der Waals surface area (Å²) in [5, 5.41) is 8.71. The Hall–Kier alpha value is -2.74. The van der Waals surface area contributed by atoms with Gasteiger partial charge in [0.05, 0.1) is 22.4 Å². The van der Waals surface area contributed by atoms with E-state index in [1.807, 2.05) is 36.6 Å². The predicted molar refractivity (Wildman–Crippen MR) is 111 cm³/mol. The molecule has 0 aliphatic heterocycles. The highest BCUT2D eigenvalue weighted by Crippen LogP contribution is 2.39. The standard InChI is InChI=1S/C21H23N5O2S/c1-13-7-14(2)9-17(8-13)29(27,28)12-15-3-4-16(10-15)21-25-24-19-11-23-20-18(26(19)21)5-6-22-20/h5-9,11,15-16,22H,3-4,10,12H2,1-2H3/t15-,16+/m0/s1. The molecule has 2 atom stereocenters. The highest BCUT2D eigenvalue weighted by Gasteiger charge is 2.33. The second-order valence-electron chi connectivity index (χ2n) is 8.20. The first kappa shape index (κ1) is 18.3. The summed E-state index contributed by atoms with van der Waals surface area (Å²) in [5.74, 6) is 1.41. The molecule has 0 radical (unpaired) electrons. The molecular weight excluding hydrogens is 386 g/mol. The van der Waals surface area contributed by atoms with E-state index in [9.17, 15) is 8.42 Å². The molecule has 5 rings (SSSR count). The fourth-order valence-electron chi connectivity index (χ4n) is 4.64. The first-order valence-corrected chi connectivity index (χ1v) is 11.5. The topological polar surface area (TPSA) is 93.0 Å². The number of H-pyrrole nitrogens is 1. The molecule has 1 aliphatic rings. The summed E-state index contributed by atoms with van der Waals surface area (Å²) in [5.41, 5.74) is 4.43. The number of hydrogen-bond donors (Lipinski definition) is 1. The largest absolute Gasteiger partial charge is 0.345 e. The molecule has 0 saturated heterocycles. The maximum Gasteiger partial charge on any atom is 0.179 e. The van der Waals surface area contributed by atoms with Crippen LogP contribution < -0.4 is 0 Å². The number of rotatable bonds is 4. The fourth-order valence-corrected chi connectivity index (χ4v) is 6.49. The summed E-state index contributed by atoms with van der Waals surface area (Å²) in [4.78, 5) is 7.92. The van der Waals surface area contributed by atoms with E-state index in [1.165, 1.54) is 0 Å². The Labute approximate surface area is 169 Å². The number of nitrogens with one attached hydrogen (secondary N) is 1. The van der Waals surface area contributed by atoms with E-state index in [0.717, 1.165) is 53.0 Å². The monoisotopic (exact) mass is 409 g/mol. The van der Waals surface area contributed by atoms with Crippen LogP contribution in [-0.4, -0.2) is 38.7 Å². The summed E-state index contributed by atoms with van der Waals surface area (Å²) in [6, 6.07) is 7.52. The van der Waals surface area contributed by atoms with Gasteiger partial charge in [-0.25, -0.2) is 13.4 Å². The van der Waals surface area contributed by atoms with E-state index in [0.29, 0.717) is 4.90 Å². The van der Waals surface area contributed by atoms with Gasteiger partial charge in [0.1, 0.15) is 5.82 Å². The van der Waals surface area contributed by atoms with E-state index in [-0.39, 0.29) is 17.6 Å². The van der Waals surface area contributed by atoms with E-state index < -0.39 is 9.84 Å². The van der Waals surface area contributed by atoms with Crippen LogP contribution >= 0.6 is 0 Å². The van der Waals surface area contributed by atoms with Crippen LogP contribution in [-0.2, 0) is 9.84 Å². The van der Waals surface area contributed by atoms with Gasteiger partial charge in [-0.3, -0.25) is 4.40 Å². The second kappa shape index (κ2) is 6.66. The van der Waals surface area contributed by atoms with Crippen molar-refractivity contribution in [2.45, 2.75) is 43.9 Å². The van der Waals surface area contributed by atoms with E-state index in [2.05, 4.69) is 20.2 Å². The number of benzene rings is 1. The van der Waals surface area contributed by atoms with E-state index in [4.69, 9.17) is 0 Å². The van der Waals surface area contributed by atoms with Gasteiger partial charge < -0.3 is 4.98 Å². The number of hydrogen-bond acceptors (Lipinski definition) is 5. The van der Waals surface area contributed by atoms with Gasteiger partial charge in [-0.05, 0) is 68.4 Å². The van der Waals surface area contributed by atoms with Crippen LogP contribution in [0.2, 0.25) is 0 Å². The molecule has 1 saturated carbocycles. The van der Waals surface area contributed by atoms with Crippen LogP contribution in [0.1, 0.15) is 42.1 Å². The summed E-state index contributed by atoms with van der Waals surface area (Å²) in [7, 11) is -3.31. The number of aromatic amines is 1. The molecule has 1 fully saturated rings. The van der Waals surface area contributed by atoms with E-state index in [1.54, 1.807) is 18.3 Å². The van der Waals surface area contributed by atoms with Crippen molar-refractivity contribution in [2.24, 2.45) is 5.92 Å². The van der Waals surface area contributed by atoms with Crippen molar-refractivity contribution < 1.29 is 8.42 Å². The third-order valence-corrected chi connectivity index (χ3v) is 7.75. The van der Waals surface area contributed by atoms with Crippen LogP contribution in [0.25, 0.3) is 16.8 Å². The SMILES string of the molecule is Cc1cc(C)cc(S(=O)(=O)C[C@H]2CC[C@@H](c3nnc4cnc5[nH]ccc5n34)C2)c1. The normalized spacial score (nSPS) is 20.1. The smallest absolute Gasteiger partial charge is 0.179 e. The van der Waals surface area contributed by atoms with Crippen molar-refractivity contribution in [1.82, 2.24) is 24.6 Å². The zero-order valence-corrected chi connectivity index (χ0v) is 17.3. The molecule has 1 N–H and O–H groups in total. The number of fused-ring (bicyclic) bond motifs is 3.